The summed E-state index contributed by atoms with van der Waals surface area (Å²) in [4.78, 5) is 25.9. The van der Waals surface area contributed by atoms with E-state index in [0.717, 1.165) is 35.6 Å². The Kier molecular flexibility index (Phi) is 5.14. The topological polar surface area (TPSA) is 93.2 Å². The third kappa shape index (κ3) is 4.16. The van der Waals surface area contributed by atoms with Crippen molar-refractivity contribution in [2.24, 2.45) is 5.41 Å². The van der Waals surface area contributed by atoms with E-state index in [2.05, 4.69) is 41.6 Å². The molecule has 0 unspecified atom stereocenters. The lowest BCUT2D eigenvalue weighted by Gasteiger charge is -2.50. The van der Waals surface area contributed by atoms with E-state index in [4.69, 9.17) is 4.74 Å². The quantitative estimate of drug-likeness (QED) is 0.711. The lowest BCUT2D eigenvalue weighted by molar-refractivity contribution is -0.122. The summed E-state index contributed by atoms with van der Waals surface area (Å²) in [6.07, 6.45) is 3.50. The van der Waals surface area contributed by atoms with Gasteiger partial charge >= 0.3 is 6.09 Å². The van der Waals surface area contributed by atoms with Gasteiger partial charge in [0.25, 0.3) is 5.91 Å². The van der Waals surface area contributed by atoms with Crippen LogP contribution < -0.4 is 10.6 Å². The number of hydrogen-bond donors (Lipinski definition) is 2. The summed E-state index contributed by atoms with van der Waals surface area (Å²) in [5, 5.41) is 16.7. The monoisotopic (exact) mass is 434 g/mol. The Hall–Kier alpha value is -2.00. The zero-order valence-electron chi connectivity index (χ0n) is 17.1. The summed E-state index contributed by atoms with van der Waals surface area (Å²) in [6, 6.07) is 1.97. The number of carbonyl (C=O) groups is 2. The highest BCUT2D eigenvalue weighted by atomic mass is 32.1. The molecule has 2 atom stereocenters. The molecule has 0 saturated heterocycles. The van der Waals surface area contributed by atoms with E-state index in [-0.39, 0.29) is 35.0 Å². The molecule has 2 heterocycles. The van der Waals surface area contributed by atoms with Gasteiger partial charge in [0.15, 0.2) is 0 Å². The second-order valence-electron chi connectivity index (χ2n) is 8.90. The third-order valence-corrected chi connectivity index (χ3v) is 7.72. The third-order valence-electron chi connectivity index (χ3n) is 5.90. The number of alkyl carbamates (subject to hydrolysis) is 1. The highest BCUT2D eigenvalue weighted by Gasteiger charge is 2.51. The van der Waals surface area contributed by atoms with Crippen molar-refractivity contribution in [3.8, 4) is 0 Å². The van der Waals surface area contributed by atoms with Gasteiger partial charge in [-0.2, -0.15) is 0 Å². The fourth-order valence-electron chi connectivity index (χ4n) is 3.71. The maximum Gasteiger partial charge on any atom is 0.407 e. The van der Waals surface area contributed by atoms with Crippen LogP contribution in [-0.2, 0) is 4.74 Å². The standard InChI is InChI=1S/C20H26N4O3S2/c1-11-23-24-17(29-11)22-16(25)12-8-15(28-10-12)13-9-14(13)21-18(26)27-20(6-5-7-20)19(2,3)4/h8,10,13-14H,5-7,9H2,1-4H3,(H,21,26)(H,22,24,25)/t13-,14-/m1/s1. The van der Waals surface area contributed by atoms with E-state index in [1.54, 1.807) is 11.3 Å². The Balaban J connectivity index is 1.30. The van der Waals surface area contributed by atoms with Crippen molar-refractivity contribution in [2.75, 3.05) is 5.32 Å². The molecule has 4 rings (SSSR count). The Morgan fingerprint density at radius 2 is 2.03 bits per heavy atom. The zero-order chi connectivity index (χ0) is 20.8. The van der Waals surface area contributed by atoms with E-state index in [0.29, 0.717) is 10.7 Å². The number of thiophene rings is 1. The molecule has 0 bridgehead atoms. The lowest BCUT2D eigenvalue weighted by Crippen LogP contribution is -2.53. The lowest BCUT2D eigenvalue weighted by atomic mass is 9.64. The van der Waals surface area contributed by atoms with Crippen molar-refractivity contribution in [3.63, 3.8) is 0 Å². The molecular formula is C20H26N4O3S2. The van der Waals surface area contributed by atoms with Crippen LogP contribution in [0.5, 0.6) is 0 Å². The molecule has 2 amide bonds. The second kappa shape index (κ2) is 7.36. The normalized spacial score (nSPS) is 22.5. The number of ether oxygens (including phenoxy) is 1. The minimum Gasteiger partial charge on any atom is -0.442 e. The van der Waals surface area contributed by atoms with Crippen LogP contribution in [0.1, 0.15) is 72.6 Å². The fourth-order valence-corrected chi connectivity index (χ4v) is 5.37. The molecule has 7 nitrogen and oxygen atoms in total. The van der Waals surface area contributed by atoms with E-state index < -0.39 is 0 Å². The van der Waals surface area contributed by atoms with E-state index in [1.165, 1.54) is 11.3 Å². The Bertz CT molecular complexity index is 926. The number of aromatic nitrogens is 2. The smallest absolute Gasteiger partial charge is 0.407 e. The highest BCUT2D eigenvalue weighted by molar-refractivity contribution is 7.15. The Morgan fingerprint density at radius 3 is 2.62 bits per heavy atom. The van der Waals surface area contributed by atoms with Crippen molar-refractivity contribution in [3.05, 3.63) is 26.9 Å². The first-order chi connectivity index (χ1) is 13.7. The van der Waals surface area contributed by atoms with Gasteiger partial charge in [0.1, 0.15) is 10.6 Å². The summed E-state index contributed by atoms with van der Waals surface area (Å²) < 4.78 is 5.86. The molecule has 2 aliphatic carbocycles. The number of amides is 2. The van der Waals surface area contributed by atoms with Gasteiger partial charge < -0.3 is 10.1 Å². The molecule has 2 aromatic heterocycles. The summed E-state index contributed by atoms with van der Waals surface area (Å²) in [5.74, 6) is 0.0511. The van der Waals surface area contributed by atoms with Crippen molar-refractivity contribution in [1.29, 1.82) is 0 Å². The van der Waals surface area contributed by atoms with Gasteiger partial charge in [-0.05, 0) is 38.7 Å². The molecule has 9 heteroatoms. The number of hydrogen-bond acceptors (Lipinski definition) is 7. The van der Waals surface area contributed by atoms with Gasteiger partial charge in [0.2, 0.25) is 5.13 Å². The van der Waals surface area contributed by atoms with Gasteiger partial charge in [-0.25, -0.2) is 4.79 Å². The predicted molar refractivity (Wildman–Crippen MR) is 114 cm³/mol. The summed E-state index contributed by atoms with van der Waals surface area (Å²) in [7, 11) is 0. The highest BCUT2D eigenvalue weighted by Crippen LogP contribution is 2.49. The van der Waals surface area contributed by atoms with Crippen LogP contribution in [-0.4, -0.2) is 33.8 Å². The van der Waals surface area contributed by atoms with Crippen LogP contribution in [0.15, 0.2) is 11.4 Å². The number of nitrogens with zero attached hydrogens (tertiary/aromatic N) is 2. The average Bonchev–Trinajstić information content (AvgIpc) is 3.00. The number of carbonyl (C=O) groups excluding carboxylic acids is 2. The molecule has 2 aromatic rings. The molecule has 2 N–H and O–H groups in total. The molecule has 0 aliphatic heterocycles. The number of rotatable bonds is 5. The average molecular weight is 435 g/mol. The first-order valence-corrected chi connectivity index (χ1v) is 11.6. The largest absolute Gasteiger partial charge is 0.442 e. The van der Waals surface area contributed by atoms with Crippen molar-refractivity contribution < 1.29 is 14.3 Å². The van der Waals surface area contributed by atoms with Gasteiger partial charge in [-0.1, -0.05) is 32.1 Å². The van der Waals surface area contributed by atoms with Crippen LogP contribution >= 0.6 is 22.7 Å². The minimum atomic E-state index is -0.349. The van der Waals surface area contributed by atoms with Crippen molar-refractivity contribution in [2.45, 2.75) is 70.9 Å². The van der Waals surface area contributed by atoms with Crippen molar-refractivity contribution in [1.82, 2.24) is 15.5 Å². The molecule has 2 aliphatic rings. The summed E-state index contributed by atoms with van der Waals surface area (Å²) in [5.41, 5.74) is 0.193. The fraction of sp³-hybridized carbons (Fsp3) is 0.600. The van der Waals surface area contributed by atoms with Gasteiger partial charge in [-0.15, -0.1) is 21.5 Å². The predicted octanol–water partition coefficient (Wildman–Crippen LogP) is 4.71. The minimum absolute atomic E-state index is 0.0625. The van der Waals surface area contributed by atoms with E-state index in [1.807, 2.05) is 18.4 Å². The molecule has 0 radical (unpaired) electrons. The molecule has 2 fully saturated rings. The molecule has 2 saturated carbocycles. The van der Waals surface area contributed by atoms with Crippen LogP contribution in [0.4, 0.5) is 9.93 Å². The first kappa shape index (κ1) is 20.3. The van der Waals surface area contributed by atoms with Crippen LogP contribution in [0.2, 0.25) is 0 Å². The maximum atomic E-state index is 12.4. The van der Waals surface area contributed by atoms with Crippen molar-refractivity contribution >= 4 is 39.8 Å². The molecule has 0 aromatic carbocycles. The Morgan fingerprint density at radius 1 is 1.28 bits per heavy atom. The summed E-state index contributed by atoms with van der Waals surface area (Å²) >= 11 is 2.89. The first-order valence-electron chi connectivity index (χ1n) is 9.86. The van der Waals surface area contributed by atoms with Gasteiger partial charge in [0.05, 0.1) is 5.56 Å². The zero-order valence-corrected chi connectivity index (χ0v) is 18.7. The molecular weight excluding hydrogens is 408 g/mol. The number of nitrogens with one attached hydrogen (secondary N) is 2. The number of anilines is 1. The maximum absolute atomic E-state index is 12.4. The van der Waals surface area contributed by atoms with E-state index in [9.17, 15) is 9.59 Å². The Labute approximate surface area is 178 Å². The van der Waals surface area contributed by atoms with Crippen LogP contribution in [0.3, 0.4) is 0 Å². The van der Waals surface area contributed by atoms with Gasteiger partial charge in [0, 0.05) is 27.6 Å². The van der Waals surface area contributed by atoms with Crippen LogP contribution in [0.25, 0.3) is 0 Å². The number of aryl methyl sites for hydroxylation is 1. The van der Waals surface area contributed by atoms with Crippen LogP contribution in [0, 0.1) is 12.3 Å². The SMILES string of the molecule is Cc1nnc(NC(=O)c2csc([C@@H]3C[C@H]3NC(=O)OC3(C(C)(C)C)CCC3)c2)s1. The molecule has 156 valence electrons. The molecule has 0 spiro atoms. The molecule has 29 heavy (non-hydrogen) atoms. The van der Waals surface area contributed by atoms with E-state index >= 15 is 0 Å². The summed E-state index contributed by atoms with van der Waals surface area (Å²) in [6.45, 7) is 8.22. The second-order valence-corrected chi connectivity index (χ2v) is 11.0. The van der Waals surface area contributed by atoms with Gasteiger partial charge in [-0.3, -0.25) is 10.1 Å².